The third kappa shape index (κ3) is 1.67. The summed E-state index contributed by atoms with van der Waals surface area (Å²) in [6.07, 6.45) is 0. The highest BCUT2D eigenvalue weighted by atomic mass is 32.2. The largest absolute Gasteiger partial charge is 0.145 e. The number of hydrogen-bond acceptors (Lipinski definition) is 4. The van der Waals surface area contributed by atoms with E-state index in [0.29, 0.717) is 0 Å². The fraction of sp³-hybridized carbons (Fsp3) is 0. The summed E-state index contributed by atoms with van der Waals surface area (Å²) in [6.45, 7) is 0. The molecule has 0 saturated heterocycles. The van der Waals surface area contributed by atoms with E-state index in [1.165, 1.54) is 19.8 Å². The van der Waals surface area contributed by atoms with Crippen molar-refractivity contribution >= 4 is 54.9 Å². The van der Waals surface area contributed by atoms with Crippen molar-refractivity contribution in [3.63, 3.8) is 0 Å². The third-order valence-corrected chi connectivity index (χ3v) is 6.08. The van der Waals surface area contributed by atoms with E-state index >= 15 is 0 Å². The molecule has 0 spiro atoms. The minimum absolute atomic E-state index is 1.02. The number of rotatable bonds is 1. The van der Waals surface area contributed by atoms with E-state index in [2.05, 4.69) is 29.6 Å². The molecule has 3 aromatic rings. The Kier molecular flexibility index (Phi) is 2.44. The Morgan fingerprint density at radius 3 is 2.60 bits per heavy atom. The van der Waals surface area contributed by atoms with Gasteiger partial charge in [0.25, 0.3) is 0 Å². The van der Waals surface area contributed by atoms with Crippen molar-refractivity contribution < 1.29 is 0 Å². The third-order valence-electron chi connectivity index (χ3n) is 2.16. The SMILES string of the molecule is S=c1sc2scc(-c3ccccc3)c2s1. The van der Waals surface area contributed by atoms with E-state index in [0.717, 1.165) is 3.14 Å². The maximum atomic E-state index is 5.22. The van der Waals surface area contributed by atoms with Gasteiger partial charge in [0.15, 0.2) is 0 Å². The maximum Gasteiger partial charge on any atom is 0.145 e. The fourth-order valence-corrected chi connectivity index (χ4v) is 5.74. The Morgan fingerprint density at radius 1 is 1.00 bits per heavy atom. The molecule has 0 amide bonds. The lowest BCUT2D eigenvalue weighted by Gasteiger charge is -1.95. The van der Waals surface area contributed by atoms with Crippen LogP contribution in [0.3, 0.4) is 0 Å². The quantitative estimate of drug-likeness (QED) is 0.530. The van der Waals surface area contributed by atoms with E-state index in [1.807, 2.05) is 6.07 Å². The van der Waals surface area contributed by atoms with Crippen LogP contribution in [0.15, 0.2) is 35.7 Å². The van der Waals surface area contributed by atoms with Crippen LogP contribution in [-0.4, -0.2) is 0 Å². The second-order valence-corrected chi connectivity index (χ2v) is 7.45. The highest BCUT2D eigenvalue weighted by molar-refractivity contribution is 7.77. The van der Waals surface area contributed by atoms with Crippen molar-refractivity contribution in [3.05, 3.63) is 38.8 Å². The van der Waals surface area contributed by atoms with Gasteiger partial charge in [-0.25, -0.2) is 0 Å². The topological polar surface area (TPSA) is 0 Å². The lowest BCUT2D eigenvalue weighted by atomic mass is 10.1. The highest BCUT2D eigenvalue weighted by Crippen LogP contribution is 2.40. The lowest BCUT2D eigenvalue weighted by molar-refractivity contribution is 1.70. The Hall–Kier alpha value is -0.550. The Bertz CT molecular complexity index is 642. The van der Waals surface area contributed by atoms with Crippen LogP contribution in [0.25, 0.3) is 19.8 Å². The summed E-state index contributed by atoms with van der Waals surface area (Å²) in [5.41, 5.74) is 2.61. The fourth-order valence-electron chi connectivity index (χ4n) is 1.49. The van der Waals surface area contributed by atoms with Crippen LogP contribution >= 0.6 is 46.2 Å². The first kappa shape index (κ1) is 9.66. The molecule has 4 heteroatoms. The number of hydrogen-bond donors (Lipinski definition) is 0. The van der Waals surface area contributed by atoms with Gasteiger partial charge in [0.2, 0.25) is 0 Å². The van der Waals surface area contributed by atoms with Gasteiger partial charge >= 0.3 is 0 Å². The Morgan fingerprint density at radius 2 is 1.80 bits per heavy atom. The predicted octanol–water partition coefficient (Wildman–Crippen LogP) is 5.42. The number of fused-ring (bicyclic) bond motifs is 1. The van der Waals surface area contributed by atoms with Gasteiger partial charge in [-0.2, -0.15) is 0 Å². The molecule has 3 rings (SSSR count). The molecule has 0 N–H and O–H groups in total. The standard InChI is InChI=1S/C11H6S4/c12-11-14-9-8(6-13-10(9)15-11)7-4-2-1-3-5-7/h1-6H. The van der Waals surface area contributed by atoms with Crippen LogP contribution in [0, 0.1) is 3.14 Å². The molecule has 1 aromatic carbocycles. The minimum atomic E-state index is 1.02. The molecule has 0 unspecified atom stereocenters. The Balaban J connectivity index is 2.31. The zero-order valence-electron chi connectivity index (χ0n) is 7.60. The highest BCUT2D eigenvalue weighted by Gasteiger charge is 2.08. The molecule has 2 heterocycles. The summed E-state index contributed by atoms with van der Waals surface area (Å²) in [5.74, 6) is 0. The molecule has 0 saturated carbocycles. The van der Waals surface area contributed by atoms with Crippen molar-refractivity contribution in [2.75, 3.05) is 0 Å². The molecule has 0 nitrogen and oxygen atoms in total. The molecule has 0 fully saturated rings. The van der Waals surface area contributed by atoms with E-state index in [9.17, 15) is 0 Å². The van der Waals surface area contributed by atoms with Gasteiger partial charge in [-0.3, -0.25) is 0 Å². The summed E-state index contributed by atoms with van der Waals surface area (Å²) in [7, 11) is 0. The molecule has 0 aliphatic rings. The zero-order valence-corrected chi connectivity index (χ0v) is 10.9. The number of benzene rings is 1. The van der Waals surface area contributed by atoms with Gasteiger partial charge in [0, 0.05) is 10.9 Å². The zero-order chi connectivity index (χ0) is 10.3. The van der Waals surface area contributed by atoms with Gasteiger partial charge in [0.1, 0.15) is 3.14 Å². The van der Waals surface area contributed by atoms with Crippen molar-refractivity contribution in [1.29, 1.82) is 0 Å². The van der Waals surface area contributed by atoms with E-state index < -0.39 is 0 Å². The number of thiophene rings is 1. The molecule has 74 valence electrons. The molecule has 0 aliphatic carbocycles. The minimum Gasteiger partial charge on any atom is -0.131 e. The van der Waals surface area contributed by atoms with Crippen molar-refractivity contribution in [1.82, 2.24) is 0 Å². The van der Waals surface area contributed by atoms with Crippen molar-refractivity contribution in [2.24, 2.45) is 0 Å². The summed E-state index contributed by atoms with van der Waals surface area (Å²) in [6, 6.07) is 10.5. The van der Waals surface area contributed by atoms with Gasteiger partial charge in [0.05, 0.1) is 8.71 Å². The molecule has 0 atom stereocenters. The van der Waals surface area contributed by atoms with Gasteiger partial charge in [-0.1, -0.05) is 42.5 Å². The average molecular weight is 266 g/mol. The molecule has 0 radical (unpaired) electrons. The summed E-state index contributed by atoms with van der Waals surface area (Å²) in [5, 5.41) is 2.22. The average Bonchev–Trinajstić information content (AvgIpc) is 2.77. The normalized spacial score (nSPS) is 10.9. The van der Waals surface area contributed by atoms with Crippen molar-refractivity contribution in [2.45, 2.75) is 0 Å². The van der Waals surface area contributed by atoms with E-state index in [1.54, 1.807) is 34.0 Å². The van der Waals surface area contributed by atoms with Gasteiger partial charge in [-0.15, -0.1) is 34.0 Å². The molecule has 15 heavy (non-hydrogen) atoms. The van der Waals surface area contributed by atoms with Gasteiger partial charge in [-0.05, 0) is 5.56 Å². The summed E-state index contributed by atoms with van der Waals surface area (Å²) < 4.78 is 3.72. The predicted molar refractivity (Wildman–Crippen MR) is 73.8 cm³/mol. The second-order valence-electron chi connectivity index (χ2n) is 3.09. The van der Waals surface area contributed by atoms with Crippen molar-refractivity contribution in [3.8, 4) is 11.1 Å². The first-order chi connectivity index (χ1) is 7.34. The first-order valence-corrected chi connectivity index (χ1v) is 7.33. The van der Waals surface area contributed by atoms with Crippen LogP contribution in [0.5, 0.6) is 0 Å². The molecule has 2 aromatic heterocycles. The summed E-state index contributed by atoms with van der Waals surface area (Å²) in [4.78, 5) is 0. The van der Waals surface area contributed by atoms with Crippen LogP contribution in [-0.2, 0) is 0 Å². The van der Waals surface area contributed by atoms with Crippen LogP contribution in [0.4, 0.5) is 0 Å². The smallest absolute Gasteiger partial charge is 0.131 e. The van der Waals surface area contributed by atoms with E-state index in [-0.39, 0.29) is 0 Å². The van der Waals surface area contributed by atoms with Crippen LogP contribution in [0.2, 0.25) is 0 Å². The second kappa shape index (κ2) is 3.79. The molecular formula is C11H6S4. The molecular weight excluding hydrogens is 260 g/mol. The molecule has 0 bridgehead atoms. The van der Waals surface area contributed by atoms with Crippen LogP contribution < -0.4 is 0 Å². The summed E-state index contributed by atoms with van der Waals surface area (Å²) >= 11 is 10.5. The van der Waals surface area contributed by atoms with Gasteiger partial charge < -0.3 is 0 Å². The monoisotopic (exact) mass is 266 g/mol. The lowest BCUT2D eigenvalue weighted by Crippen LogP contribution is -1.70. The first-order valence-electron chi connectivity index (χ1n) is 4.41. The van der Waals surface area contributed by atoms with Crippen LogP contribution in [0.1, 0.15) is 0 Å². The Labute approximate surface area is 104 Å². The maximum absolute atomic E-state index is 5.22. The van der Waals surface area contributed by atoms with E-state index in [4.69, 9.17) is 12.2 Å². The molecule has 0 aliphatic heterocycles.